The van der Waals surface area contributed by atoms with Crippen LogP contribution in [0, 0.1) is 0 Å². The molecule has 112 valence electrons. The number of hydrogen-bond acceptors (Lipinski definition) is 4. The molecule has 3 atom stereocenters. The second-order valence-corrected chi connectivity index (χ2v) is 5.30. The number of rotatable bonds is 7. The number of carboxylic acid groups (broad SMARTS) is 1. The van der Waals surface area contributed by atoms with Gasteiger partial charge in [0.2, 0.25) is 0 Å². The first-order chi connectivity index (χ1) is 9.32. The number of hydrogen-bond donors (Lipinski definition) is 4. The third-order valence-electron chi connectivity index (χ3n) is 3.27. The summed E-state index contributed by atoms with van der Waals surface area (Å²) in [5, 5.41) is 30.9. The second-order valence-electron chi connectivity index (χ2n) is 5.30. The van der Waals surface area contributed by atoms with E-state index in [4.69, 9.17) is 5.11 Å². The number of benzene rings is 1. The van der Waals surface area contributed by atoms with Crippen LogP contribution in [0.5, 0.6) is 0 Å². The second kappa shape index (κ2) is 7.38. The quantitative estimate of drug-likeness (QED) is 0.604. The predicted octanol–water partition coefficient (Wildman–Crippen LogP) is 1.27. The number of aliphatic carboxylic acids is 1. The molecule has 0 aliphatic heterocycles. The maximum atomic E-state index is 10.9. The molecule has 0 aromatic heterocycles. The summed E-state index contributed by atoms with van der Waals surface area (Å²) in [4.78, 5) is 10.9. The summed E-state index contributed by atoms with van der Waals surface area (Å²) in [7, 11) is 0. The number of nitrogens with one attached hydrogen (secondary N) is 1. The Balaban J connectivity index is 2.62. The van der Waals surface area contributed by atoms with Crippen molar-refractivity contribution in [2.24, 2.45) is 0 Å². The average molecular weight is 281 g/mol. The van der Waals surface area contributed by atoms with E-state index in [-0.39, 0.29) is 6.54 Å². The van der Waals surface area contributed by atoms with Crippen molar-refractivity contribution >= 4 is 5.97 Å². The number of carbonyl (C=O) groups is 1. The van der Waals surface area contributed by atoms with Gasteiger partial charge in [-0.1, -0.05) is 38.1 Å². The smallest absolute Gasteiger partial charge is 0.323 e. The highest BCUT2D eigenvalue weighted by molar-refractivity contribution is 5.74. The Kier molecular flexibility index (Phi) is 6.13. The van der Waals surface area contributed by atoms with E-state index in [2.05, 4.69) is 19.2 Å². The van der Waals surface area contributed by atoms with Crippen LogP contribution in [0.2, 0.25) is 0 Å². The fraction of sp³-hybridized carbons (Fsp3) is 0.533. The van der Waals surface area contributed by atoms with Crippen molar-refractivity contribution in [3.63, 3.8) is 0 Å². The summed E-state index contributed by atoms with van der Waals surface area (Å²) < 4.78 is 0. The van der Waals surface area contributed by atoms with E-state index in [1.165, 1.54) is 12.5 Å². The molecule has 0 saturated carbocycles. The predicted molar refractivity (Wildman–Crippen MR) is 76.6 cm³/mol. The van der Waals surface area contributed by atoms with Gasteiger partial charge in [-0.25, -0.2) is 0 Å². The molecule has 0 spiro atoms. The van der Waals surface area contributed by atoms with Gasteiger partial charge >= 0.3 is 5.97 Å². The van der Waals surface area contributed by atoms with Gasteiger partial charge in [-0.15, -0.1) is 0 Å². The van der Waals surface area contributed by atoms with Crippen LogP contribution in [-0.4, -0.2) is 40.0 Å². The van der Waals surface area contributed by atoms with Crippen molar-refractivity contribution in [1.82, 2.24) is 5.32 Å². The zero-order chi connectivity index (χ0) is 15.3. The van der Waals surface area contributed by atoms with Crippen LogP contribution in [-0.2, 0) is 4.79 Å². The number of aliphatic hydroxyl groups is 2. The van der Waals surface area contributed by atoms with Crippen molar-refractivity contribution in [3.05, 3.63) is 35.4 Å². The molecule has 0 saturated heterocycles. The highest BCUT2D eigenvalue weighted by atomic mass is 16.4. The maximum Gasteiger partial charge on any atom is 0.323 e. The SMILES string of the molecule is CC(C)c1ccc(C(O)CNC(C(=O)O)C(C)O)cc1. The van der Waals surface area contributed by atoms with Gasteiger partial charge in [0.1, 0.15) is 6.04 Å². The third-order valence-corrected chi connectivity index (χ3v) is 3.27. The van der Waals surface area contributed by atoms with Gasteiger partial charge in [-0.3, -0.25) is 10.1 Å². The van der Waals surface area contributed by atoms with E-state index >= 15 is 0 Å². The van der Waals surface area contributed by atoms with Crippen molar-refractivity contribution in [3.8, 4) is 0 Å². The van der Waals surface area contributed by atoms with Gasteiger partial charge in [-0.2, -0.15) is 0 Å². The van der Waals surface area contributed by atoms with Crippen LogP contribution in [0.4, 0.5) is 0 Å². The number of aliphatic hydroxyl groups excluding tert-OH is 2. The summed E-state index contributed by atoms with van der Waals surface area (Å²) >= 11 is 0. The molecule has 0 aliphatic carbocycles. The zero-order valence-corrected chi connectivity index (χ0v) is 12.1. The van der Waals surface area contributed by atoms with Gasteiger partial charge in [0, 0.05) is 6.54 Å². The van der Waals surface area contributed by atoms with E-state index < -0.39 is 24.2 Å². The minimum atomic E-state index is -1.14. The van der Waals surface area contributed by atoms with Gasteiger partial charge in [-0.05, 0) is 24.0 Å². The molecule has 0 heterocycles. The Labute approximate surface area is 119 Å². The first-order valence-electron chi connectivity index (χ1n) is 6.75. The summed E-state index contributed by atoms with van der Waals surface area (Å²) in [5.41, 5.74) is 1.90. The molecule has 3 unspecified atom stereocenters. The fourth-order valence-electron chi connectivity index (χ4n) is 1.92. The van der Waals surface area contributed by atoms with Gasteiger partial charge in [0.25, 0.3) is 0 Å². The van der Waals surface area contributed by atoms with Crippen molar-refractivity contribution in [2.45, 2.75) is 44.9 Å². The lowest BCUT2D eigenvalue weighted by molar-refractivity contribution is -0.142. The van der Waals surface area contributed by atoms with Gasteiger partial charge in [0.15, 0.2) is 0 Å². The van der Waals surface area contributed by atoms with Crippen LogP contribution in [0.25, 0.3) is 0 Å². The minimum absolute atomic E-state index is 0.0723. The maximum absolute atomic E-state index is 10.9. The topological polar surface area (TPSA) is 89.8 Å². The molecule has 1 aromatic rings. The van der Waals surface area contributed by atoms with E-state index in [1.54, 1.807) is 0 Å². The Morgan fingerprint density at radius 2 is 1.60 bits per heavy atom. The Morgan fingerprint density at radius 3 is 2.00 bits per heavy atom. The molecule has 0 radical (unpaired) electrons. The molecule has 1 rings (SSSR count). The normalized spacial score (nSPS) is 15.9. The van der Waals surface area contributed by atoms with E-state index in [0.29, 0.717) is 5.92 Å². The van der Waals surface area contributed by atoms with Gasteiger partial charge < -0.3 is 15.3 Å². The van der Waals surface area contributed by atoms with Crippen LogP contribution in [0.15, 0.2) is 24.3 Å². The van der Waals surface area contributed by atoms with E-state index in [0.717, 1.165) is 5.56 Å². The lowest BCUT2D eigenvalue weighted by atomic mass is 10.00. The first kappa shape index (κ1) is 16.6. The molecule has 0 amide bonds. The highest BCUT2D eigenvalue weighted by Crippen LogP contribution is 2.18. The van der Waals surface area contributed by atoms with Crippen molar-refractivity contribution in [2.75, 3.05) is 6.54 Å². The van der Waals surface area contributed by atoms with Crippen molar-refractivity contribution in [1.29, 1.82) is 0 Å². The Hall–Kier alpha value is -1.43. The van der Waals surface area contributed by atoms with E-state index in [9.17, 15) is 15.0 Å². The summed E-state index contributed by atoms with van der Waals surface area (Å²) in [5.74, 6) is -0.715. The Morgan fingerprint density at radius 1 is 1.10 bits per heavy atom. The molecule has 0 aliphatic rings. The van der Waals surface area contributed by atoms with Gasteiger partial charge in [0.05, 0.1) is 12.2 Å². The summed E-state index contributed by atoms with van der Waals surface area (Å²) in [6, 6.07) is 6.48. The number of carboxylic acids is 1. The third kappa shape index (κ3) is 4.59. The molecule has 5 heteroatoms. The molecular formula is C15H23NO4. The van der Waals surface area contributed by atoms with Crippen LogP contribution in [0.3, 0.4) is 0 Å². The van der Waals surface area contributed by atoms with Crippen LogP contribution < -0.4 is 5.32 Å². The summed E-state index contributed by atoms with van der Waals surface area (Å²) in [6.07, 6.45) is -1.83. The van der Waals surface area contributed by atoms with Crippen LogP contribution in [0.1, 0.15) is 43.9 Å². The highest BCUT2D eigenvalue weighted by Gasteiger charge is 2.23. The Bertz CT molecular complexity index is 428. The molecule has 5 nitrogen and oxygen atoms in total. The minimum Gasteiger partial charge on any atom is -0.480 e. The standard InChI is InChI=1S/C15H23NO4/c1-9(2)11-4-6-12(7-5-11)13(18)8-16-14(10(3)17)15(19)20/h4-7,9-10,13-14,16-18H,8H2,1-3H3,(H,19,20). The monoisotopic (exact) mass is 281 g/mol. The van der Waals surface area contributed by atoms with Crippen LogP contribution >= 0.6 is 0 Å². The molecule has 20 heavy (non-hydrogen) atoms. The largest absolute Gasteiger partial charge is 0.480 e. The van der Waals surface area contributed by atoms with Crippen molar-refractivity contribution < 1.29 is 20.1 Å². The molecular weight excluding hydrogens is 258 g/mol. The first-order valence-corrected chi connectivity index (χ1v) is 6.75. The lowest BCUT2D eigenvalue weighted by Crippen LogP contribution is -2.46. The molecule has 0 bridgehead atoms. The summed E-state index contributed by atoms with van der Waals surface area (Å²) in [6.45, 7) is 5.65. The zero-order valence-electron chi connectivity index (χ0n) is 12.1. The van der Waals surface area contributed by atoms with E-state index in [1.807, 2.05) is 24.3 Å². The average Bonchev–Trinajstić information content (AvgIpc) is 2.38. The fourth-order valence-corrected chi connectivity index (χ4v) is 1.92. The molecule has 0 fully saturated rings. The molecule has 1 aromatic carbocycles. The lowest BCUT2D eigenvalue weighted by Gasteiger charge is -2.20. The molecule has 4 N–H and O–H groups in total.